The van der Waals surface area contributed by atoms with Crippen LogP contribution in [0.5, 0.6) is 0 Å². The highest BCUT2D eigenvalue weighted by Gasteiger charge is 2.30. The lowest BCUT2D eigenvalue weighted by atomic mass is 10.1. The number of carbonyl (C=O) groups is 1. The van der Waals surface area contributed by atoms with Crippen molar-refractivity contribution in [1.29, 1.82) is 0 Å². The molecule has 1 aliphatic rings. The summed E-state index contributed by atoms with van der Waals surface area (Å²) in [6.45, 7) is 8.32. The number of fused-ring (bicyclic) bond motifs is 1. The van der Waals surface area contributed by atoms with Crippen LogP contribution in [0.15, 0.2) is 24.3 Å². The summed E-state index contributed by atoms with van der Waals surface area (Å²) in [6, 6.07) is 8.82. The minimum atomic E-state index is 0.0281. The number of rotatable bonds is 6. The van der Waals surface area contributed by atoms with Gasteiger partial charge in [0.15, 0.2) is 0 Å². The molecule has 0 radical (unpaired) electrons. The van der Waals surface area contributed by atoms with E-state index in [2.05, 4.69) is 53.9 Å². The monoisotopic (exact) mass is 434 g/mol. The van der Waals surface area contributed by atoms with Gasteiger partial charge in [-0.1, -0.05) is 12.1 Å². The minimum Gasteiger partial charge on any atom is -0.373 e. The van der Waals surface area contributed by atoms with Gasteiger partial charge in [0.25, 0.3) is 0 Å². The number of amides is 1. The van der Waals surface area contributed by atoms with Crippen molar-refractivity contribution >= 4 is 22.6 Å². The first-order valence-corrected chi connectivity index (χ1v) is 11.3. The molecule has 0 saturated carbocycles. The van der Waals surface area contributed by atoms with Crippen LogP contribution in [0, 0.1) is 13.8 Å². The molecule has 7 heteroatoms. The maximum absolute atomic E-state index is 11.7. The molecule has 1 aromatic carbocycles. The van der Waals surface area contributed by atoms with Gasteiger partial charge in [-0.15, -0.1) is 0 Å². The lowest BCUT2D eigenvalue weighted by molar-refractivity contribution is -0.128. The van der Waals surface area contributed by atoms with Crippen LogP contribution in [0.2, 0.25) is 0 Å². The fourth-order valence-electron chi connectivity index (χ4n) is 4.69. The second kappa shape index (κ2) is 8.90. The molecule has 1 saturated heterocycles. The van der Waals surface area contributed by atoms with E-state index in [1.54, 1.807) is 18.9 Å². The Bertz CT molecular complexity index is 1150. The largest absolute Gasteiger partial charge is 0.373 e. The summed E-state index contributed by atoms with van der Waals surface area (Å²) in [7, 11) is 5.83. The molecule has 1 N–H and O–H groups in total. The first-order valence-electron chi connectivity index (χ1n) is 11.3. The van der Waals surface area contributed by atoms with Crippen molar-refractivity contribution in [2.45, 2.75) is 52.7 Å². The van der Waals surface area contributed by atoms with Crippen LogP contribution < -0.4 is 5.32 Å². The van der Waals surface area contributed by atoms with Crippen LogP contribution >= 0.6 is 0 Å². The van der Waals surface area contributed by atoms with E-state index in [9.17, 15) is 4.79 Å². The van der Waals surface area contributed by atoms with Gasteiger partial charge >= 0.3 is 0 Å². The fourth-order valence-corrected chi connectivity index (χ4v) is 4.69. The van der Waals surface area contributed by atoms with E-state index in [1.165, 1.54) is 27.7 Å². The molecule has 0 spiro atoms. The average Bonchev–Trinajstić information content (AvgIpc) is 3.32. The zero-order valence-electron chi connectivity index (χ0n) is 20.1. The quantitative estimate of drug-likeness (QED) is 0.637. The highest BCUT2D eigenvalue weighted by molar-refractivity contribution is 5.86. The Hall–Kier alpha value is -2.93. The SMILES string of the molecule is CNc1cc(CN(C)C(C)=O)nc(C2CCCN2Cc2c(C)n(C)c3cc(C)ccc23)n1. The van der Waals surface area contributed by atoms with Crippen LogP contribution in [-0.4, -0.2) is 50.9 Å². The standard InChI is InChI=1S/C25H34N6O/c1-16-9-10-20-21(17(2)30(6)23(20)12-16)15-31-11-7-8-22(31)25-27-19(13-24(26-4)28-25)14-29(5)18(3)32/h9-10,12-13,22H,7-8,11,14-15H2,1-6H3,(H,26,27,28). The van der Waals surface area contributed by atoms with E-state index in [1.807, 2.05) is 13.1 Å². The van der Waals surface area contributed by atoms with Crippen LogP contribution in [0.4, 0.5) is 5.82 Å². The molecule has 3 heterocycles. The van der Waals surface area contributed by atoms with Crippen LogP contribution in [0.3, 0.4) is 0 Å². The summed E-state index contributed by atoms with van der Waals surface area (Å²) in [4.78, 5) is 25.6. The number of hydrogen-bond acceptors (Lipinski definition) is 5. The third-order valence-electron chi connectivity index (χ3n) is 6.79. The normalized spacial score (nSPS) is 16.6. The third kappa shape index (κ3) is 4.21. The maximum atomic E-state index is 11.7. The van der Waals surface area contributed by atoms with E-state index < -0.39 is 0 Å². The Morgan fingerprint density at radius 1 is 1.25 bits per heavy atom. The summed E-state index contributed by atoms with van der Waals surface area (Å²) >= 11 is 0. The van der Waals surface area contributed by atoms with Gasteiger partial charge in [0, 0.05) is 57.3 Å². The number of carbonyl (C=O) groups excluding carboxylic acids is 1. The van der Waals surface area contributed by atoms with Crippen molar-refractivity contribution in [3.05, 3.63) is 52.6 Å². The molecule has 1 aliphatic heterocycles. The molecule has 1 amide bonds. The Balaban J connectivity index is 1.66. The van der Waals surface area contributed by atoms with Crippen molar-refractivity contribution in [1.82, 2.24) is 24.3 Å². The number of likely N-dealkylation sites (tertiary alicyclic amines) is 1. The molecule has 1 unspecified atom stereocenters. The van der Waals surface area contributed by atoms with Gasteiger partial charge in [-0.2, -0.15) is 0 Å². The fraction of sp³-hybridized carbons (Fsp3) is 0.480. The second-order valence-corrected chi connectivity index (χ2v) is 9.00. The number of aromatic nitrogens is 3. The lowest BCUT2D eigenvalue weighted by Crippen LogP contribution is -2.27. The molecule has 170 valence electrons. The topological polar surface area (TPSA) is 66.3 Å². The number of benzene rings is 1. The molecule has 3 aromatic rings. The summed E-state index contributed by atoms with van der Waals surface area (Å²) in [5, 5.41) is 4.49. The smallest absolute Gasteiger partial charge is 0.219 e. The highest BCUT2D eigenvalue weighted by Crippen LogP contribution is 2.35. The van der Waals surface area contributed by atoms with E-state index in [0.29, 0.717) is 6.54 Å². The number of nitrogens with zero attached hydrogens (tertiary/aromatic N) is 5. The van der Waals surface area contributed by atoms with Gasteiger partial charge < -0.3 is 14.8 Å². The number of hydrogen-bond donors (Lipinski definition) is 1. The van der Waals surface area contributed by atoms with Gasteiger partial charge in [-0.25, -0.2) is 9.97 Å². The van der Waals surface area contributed by atoms with Crippen LogP contribution in [0.1, 0.15) is 54.1 Å². The molecule has 0 bridgehead atoms. The Labute approximate surface area is 190 Å². The van der Waals surface area contributed by atoms with Gasteiger partial charge in [-0.3, -0.25) is 9.69 Å². The highest BCUT2D eigenvalue weighted by atomic mass is 16.2. The van der Waals surface area contributed by atoms with Crippen molar-refractivity contribution in [2.24, 2.45) is 7.05 Å². The van der Waals surface area contributed by atoms with Crippen LogP contribution in [-0.2, 0) is 24.9 Å². The Kier molecular flexibility index (Phi) is 6.20. The predicted molar refractivity (Wildman–Crippen MR) is 129 cm³/mol. The number of nitrogens with one attached hydrogen (secondary N) is 1. The summed E-state index contributed by atoms with van der Waals surface area (Å²) in [6.07, 6.45) is 2.17. The zero-order valence-corrected chi connectivity index (χ0v) is 20.1. The summed E-state index contributed by atoms with van der Waals surface area (Å²) in [5.41, 5.74) is 6.13. The van der Waals surface area contributed by atoms with E-state index in [0.717, 1.165) is 43.3 Å². The van der Waals surface area contributed by atoms with E-state index in [4.69, 9.17) is 9.97 Å². The molecule has 1 atom stereocenters. The van der Waals surface area contributed by atoms with Crippen molar-refractivity contribution < 1.29 is 4.79 Å². The van der Waals surface area contributed by atoms with Crippen LogP contribution in [0.25, 0.3) is 10.9 Å². The van der Waals surface area contributed by atoms with E-state index in [-0.39, 0.29) is 11.9 Å². The molecule has 4 rings (SSSR count). The lowest BCUT2D eigenvalue weighted by Gasteiger charge is -2.25. The second-order valence-electron chi connectivity index (χ2n) is 9.00. The molecule has 7 nitrogen and oxygen atoms in total. The van der Waals surface area contributed by atoms with Gasteiger partial charge in [0.05, 0.1) is 18.3 Å². The van der Waals surface area contributed by atoms with Crippen molar-refractivity contribution in [3.8, 4) is 0 Å². The molecule has 2 aromatic heterocycles. The first-order chi connectivity index (χ1) is 15.3. The Morgan fingerprint density at radius 2 is 2.03 bits per heavy atom. The molecular weight excluding hydrogens is 400 g/mol. The zero-order chi connectivity index (χ0) is 23.0. The first kappa shape index (κ1) is 22.3. The molecule has 1 fully saturated rings. The average molecular weight is 435 g/mol. The number of aryl methyl sites for hydroxylation is 2. The predicted octanol–water partition coefficient (Wildman–Crippen LogP) is 3.94. The van der Waals surface area contributed by atoms with E-state index >= 15 is 0 Å². The van der Waals surface area contributed by atoms with Crippen molar-refractivity contribution in [3.63, 3.8) is 0 Å². The van der Waals surface area contributed by atoms with Crippen molar-refractivity contribution in [2.75, 3.05) is 26.0 Å². The van der Waals surface area contributed by atoms with Gasteiger partial charge in [0.2, 0.25) is 5.91 Å². The molecule has 32 heavy (non-hydrogen) atoms. The maximum Gasteiger partial charge on any atom is 0.219 e. The van der Waals surface area contributed by atoms with Gasteiger partial charge in [0.1, 0.15) is 11.6 Å². The Morgan fingerprint density at radius 3 is 2.75 bits per heavy atom. The third-order valence-corrected chi connectivity index (χ3v) is 6.79. The van der Waals surface area contributed by atoms with Gasteiger partial charge in [-0.05, 0) is 50.4 Å². The molecular formula is C25H34N6O. The minimum absolute atomic E-state index is 0.0281. The summed E-state index contributed by atoms with van der Waals surface area (Å²) < 4.78 is 2.30. The number of anilines is 1. The molecule has 0 aliphatic carbocycles. The summed E-state index contributed by atoms with van der Waals surface area (Å²) in [5.74, 6) is 1.67.